The van der Waals surface area contributed by atoms with Crippen molar-refractivity contribution in [2.45, 2.75) is 38.2 Å². The van der Waals surface area contributed by atoms with E-state index >= 15 is 0 Å². The molecule has 0 spiro atoms. The van der Waals surface area contributed by atoms with Crippen molar-refractivity contribution in [2.24, 2.45) is 0 Å². The second-order valence-electron chi connectivity index (χ2n) is 4.14. The molecule has 1 aromatic carbocycles. The zero-order valence-electron chi connectivity index (χ0n) is 10.2. The summed E-state index contributed by atoms with van der Waals surface area (Å²) in [6.45, 7) is 6.74. The van der Waals surface area contributed by atoms with E-state index in [4.69, 9.17) is 4.74 Å². The lowest BCUT2D eigenvalue weighted by atomic mass is 10.2. The highest BCUT2D eigenvalue weighted by atomic mass is 32.2. The van der Waals surface area contributed by atoms with Crippen molar-refractivity contribution in [2.75, 3.05) is 12.4 Å². The zero-order chi connectivity index (χ0) is 12.0. The largest absolute Gasteiger partial charge is 0.379 e. The Morgan fingerprint density at radius 3 is 2.44 bits per heavy atom. The van der Waals surface area contributed by atoms with Crippen molar-refractivity contribution < 1.29 is 8.95 Å². The van der Waals surface area contributed by atoms with Crippen LogP contribution in [-0.4, -0.2) is 22.7 Å². The second-order valence-corrected chi connectivity index (χ2v) is 5.71. The molecule has 2 nitrogen and oxygen atoms in total. The fourth-order valence-corrected chi connectivity index (χ4v) is 2.37. The van der Waals surface area contributed by atoms with Gasteiger partial charge in [-0.1, -0.05) is 17.7 Å². The van der Waals surface area contributed by atoms with Crippen molar-refractivity contribution in [3.63, 3.8) is 0 Å². The van der Waals surface area contributed by atoms with Gasteiger partial charge in [-0.15, -0.1) is 0 Å². The smallest absolute Gasteiger partial charge is 0.0530 e. The van der Waals surface area contributed by atoms with Crippen molar-refractivity contribution in [1.29, 1.82) is 0 Å². The molecule has 16 heavy (non-hydrogen) atoms. The van der Waals surface area contributed by atoms with Gasteiger partial charge in [0.1, 0.15) is 0 Å². The molecular formula is C13H20O2S. The number of hydrogen-bond donors (Lipinski definition) is 0. The minimum Gasteiger partial charge on any atom is -0.379 e. The number of rotatable bonds is 6. The standard InChI is InChI=1S/C13H20O2S/c1-11(2)15-9-4-10-16(14)13-7-5-12(3)6-8-13/h5-8,11H,4,9-10H2,1-3H3/t16-/m1/s1. The van der Waals surface area contributed by atoms with Crippen LogP contribution in [0, 0.1) is 6.92 Å². The quantitative estimate of drug-likeness (QED) is 0.715. The van der Waals surface area contributed by atoms with Gasteiger partial charge >= 0.3 is 0 Å². The van der Waals surface area contributed by atoms with E-state index in [9.17, 15) is 4.21 Å². The van der Waals surface area contributed by atoms with Gasteiger partial charge in [0, 0.05) is 17.3 Å². The number of hydrogen-bond acceptors (Lipinski definition) is 2. The first-order valence-corrected chi connectivity index (χ1v) is 6.98. The topological polar surface area (TPSA) is 26.3 Å². The van der Waals surface area contributed by atoms with E-state index in [1.54, 1.807) is 0 Å². The Hall–Kier alpha value is -0.670. The molecular weight excluding hydrogens is 220 g/mol. The normalized spacial score (nSPS) is 13.0. The van der Waals surface area contributed by atoms with E-state index in [2.05, 4.69) is 0 Å². The highest BCUT2D eigenvalue weighted by molar-refractivity contribution is 7.85. The van der Waals surface area contributed by atoms with Gasteiger partial charge in [0.25, 0.3) is 0 Å². The van der Waals surface area contributed by atoms with E-state index in [1.807, 2.05) is 45.0 Å². The van der Waals surface area contributed by atoms with Crippen molar-refractivity contribution >= 4 is 10.8 Å². The van der Waals surface area contributed by atoms with Crippen LogP contribution < -0.4 is 0 Å². The highest BCUT2D eigenvalue weighted by Crippen LogP contribution is 2.09. The monoisotopic (exact) mass is 240 g/mol. The molecule has 0 amide bonds. The van der Waals surface area contributed by atoms with Gasteiger partial charge in [0.15, 0.2) is 0 Å². The fourth-order valence-electron chi connectivity index (χ4n) is 1.32. The van der Waals surface area contributed by atoms with Crippen LogP contribution in [0.5, 0.6) is 0 Å². The molecule has 1 rings (SSSR count). The van der Waals surface area contributed by atoms with Crippen LogP contribution in [0.3, 0.4) is 0 Å². The summed E-state index contributed by atoms with van der Waals surface area (Å²) in [7, 11) is -0.886. The zero-order valence-corrected chi connectivity index (χ0v) is 11.0. The molecule has 0 radical (unpaired) electrons. The van der Waals surface area contributed by atoms with Crippen LogP contribution >= 0.6 is 0 Å². The average Bonchev–Trinajstić information content (AvgIpc) is 2.25. The first-order valence-electron chi connectivity index (χ1n) is 5.66. The van der Waals surface area contributed by atoms with Crippen LogP contribution in [0.1, 0.15) is 25.8 Å². The fraction of sp³-hybridized carbons (Fsp3) is 0.538. The Labute approximate surface area is 100 Å². The predicted octanol–water partition coefficient (Wildman–Crippen LogP) is 2.92. The third kappa shape index (κ3) is 4.90. The number of ether oxygens (including phenoxy) is 1. The third-order valence-electron chi connectivity index (χ3n) is 2.21. The molecule has 0 saturated carbocycles. The lowest BCUT2D eigenvalue weighted by Crippen LogP contribution is -2.07. The summed E-state index contributed by atoms with van der Waals surface area (Å²) in [5, 5.41) is 0. The third-order valence-corrected chi connectivity index (χ3v) is 3.67. The summed E-state index contributed by atoms with van der Waals surface area (Å²) in [5.74, 6) is 0.676. The highest BCUT2D eigenvalue weighted by Gasteiger charge is 2.03. The maximum absolute atomic E-state index is 11.9. The Kier molecular flexibility index (Phi) is 5.71. The molecule has 0 aliphatic carbocycles. The van der Waals surface area contributed by atoms with Crippen LogP contribution in [-0.2, 0) is 15.5 Å². The van der Waals surface area contributed by atoms with E-state index in [0.29, 0.717) is 12.4 Å². The Morgan fingerprint density at radius 1 is 1.25 bits per heavy atom. The lowest BCUT2D eigenvalue weighted by molar-refractivity contribution is 0.0798. The molecule has 1 atom stereocenters. The Morgan fingerprint density at radius 2 is 1.88 bits per heavy atom. The number of aryl methyl sites for hydroxylation is 1. The summed E-state index contributed by atoms with van der Waals surface area (Å²) < 4.78 is 17.3. The minimum absolute atomic E-state index is 0.257. The molecule has 3 heteroatoms. The molecule has 0 bridgehead atoms. The van der Waals surface area contributed by atoms with Gasteiger partial charge in [0.2, 0.25) is 0 Å². The Balaban J connectivity index is 2.32. The van der Waals surface area contributed by atoms with Crippen LogP contribution in [0.15, 0.2) is 29.2 Å². The van der Waals surface area contributed by atoms with Crippen LogP contribution in [0.4, 0.5) is 0 Å². The SMILES string of the molecule is Cc1ccc([S@](=O)CCCOC(C)C)cc1. The minimum atomic E-state index is -0.886. The molecule has 0 heterocycles. The van der Waals surface area contributed by atoms with E-state index < -0.39 is 10.8 Å². The van der Waals surface area contributed by atoms with Crippen LogP contribution in [0.2, 0.25) is 0 Å². The predicted molar refractivity (Wildman–Crippen MR) is 68.2 cm³/mol. The molecule has 90 valence electrons. The van der Waals surface area contributed by atoms with Crippen molar-refractivity contribution in [3.8, 4) is 0 Å². The first kappa shape index (κ1) is 13.4. The molecule has 0 aliphatic heterocycles. The van der Waals surface area contributed by atoms with E-state index in [1.165, 1.54) is 5.56 Å². The molecule has 0 unspecified atom stereocenters. The van der Waals surface area contributed by atoms with Crippen molar-refractivity contribution in [3.05, 3.63) is 29.8 Å². The second kappa shape index (κ2) is 6.81. The summed E-state index contributed by atoms with van der Waals surface area (Å²) in [5.41, 5.74) is 1.20. The summed E-state index contributed by atoms with van der Waals surface area (Å²) in [6, 6.07) is 7.87. The molecule has 1 aromatic rings. The summed E-state index contributed by atoms with van der Waals surface area (Å²) >= 11 is 0. The Bertz CT molecular complexity index is 330. The average molecular weight is 240 g/mol. The molecule has 0 aliphatic rings. The van der Waals surface area contributed by atoms with Gasteiger partial charge < -0.3 is 4.74 Å². The van der Waals surface area contributed by atoms with Gasteiger partial charge in [0.05, 0.1) is 16.9 Å². The van der Waals surface area contributed by atoms with Gasteiger partial charge in [-0.25, -0.2) is 0 Å². The maximum atomic E-state index is 11.9. The van der Waals surface area contributed by atoms with Gasteiger partial charge in [-0.2, -0.15) is 0 Å². The lowest BCUT2D eigenvalue weighted by Gasteiger charge is -2.07. The molecule has 0 aromatic heterocycles. The van der Waals surface area contributed by atoms with Crippen molar-refractivity contribution in [1.82, 2.24) is 0 Å². The van der Waals surface area contributed by atoms with E-state index in [0.717, 1.165) is 11.3 Å². The maximum Gasteiger partial charge on any atom is 0.0530 e. The van der Waals surface area contributed by atoms with Gasteiger partial charge in [-0.3, -0.25) is 4.21 Å². The molecule has 0 N–H and O–H groups in total. The molecule has 0 fully saturated rings. The van der Waals surface area contributed by atoms with Gasteiger partial charge in [-0.05, 0) is 39.3 Å². The summed E-state index contributed by atoms with van der Waals surface area (Å²) in [4.78, 5) is 0.912. The summed E-state index contributed by atoms with van der Waals surface area (Å²) in [6.07, 6.45) is 1.10. The first-order chi connectivity index (χ1) is 7.59. The number of benzene rings is 1. The van der Waals surface area contributed by atoms with E-state index in [-0.39, 0.29) is 6.10 Å². The molecule has 0 saturated heterocycles. The van der Waals surface area contributed by atoms with Crippen LogP contribution in [0.25, 0.3) is 0 Å².